The lowest BCUT2D eigenvalue weighted by Crippen LogP contribution is -1.97. The first-order valence-corrected chi connectivity index (χ1v) is 18.4. The third-order valence-corrected chi connectivity index (χ3v) is 11.4. The number of fused-ring (bicyclic) bond motifs is 14. The van der Waals surface area contributed by atoms with E-state index in [1.165, 1.54) is 0 Å². The molecule has 0 atom stereocenters. The highest BCUT2D eigenvalue weighted by Gasteiger charge is 2.22. The quantitative estimate of drug-likeness (QED) is 0.171. The third kappa shape index (κ3) is 4.07. The standard InChI is InChI=1S/C50H26N4O2/c1-52-31-17-23-42-40(26-31)35-22-25-46-48(38-10-4-7-13-45(38)55-46)49(35)54(42)33-20-16-30(28-51)39(27-33)29-14-18-32(19-15-29)53-41-11-5-2-9-37(41)47-43(53)24-21-36-34-8-3-6-12-44(34)56-50(36)47/h2-27H. The van der Waals surface area contributed by atoms with E-state index in [-0.39, 0.29) is 0 Å². The summed E-state index contributed by atoms with van der Waals surface area (Å²) in [7, 11) is 0. The Balaban J connectivity index is 1.06. The third-order valence-electron chi connectivity index (χ3n) is 11.4. The van der Waals surface area contributed by atoms with Crippen LogP contribution in [0.25, 0.3) is 115 Å². The summed E-state index contributed by atoms with van der Waals surface area (Å²) in [5, 5.41) is 18.9. The number of nitriles is 1. The summed E-state index contributed by atoms with van der Waals surface area (Å²) in [5.41, 5.74) is 12.4. The first-order valence-electron chi connectivity index (χ1n) is 18.4. The molecule has 4 heterocycles. The van der Waals surface area contributed by atoms with Gasteiger partial charge in [0.1, 0.15) is 22.3 Å². The minimum atomic E-state index is 0.583. The van der Waals surface area contributed by atoms with Crippen LogP contribution in [0, 0.1) is 17.9 Å². The molecule has 0 saturated carbocycles. The Morgan fingerprint density at radius 3 is 2.02 bits per heavy atom. The zero-order valence-corrected chi connectivity index (χ0v) is 29.6. The van der Waals surface area contributed by atoms with E-state index in [1.54, 1.807) is 0 Å². The smallest absolute Gasteiger partial charge is 0.188 e. The van der Waals surface area contributed by atoms with Crippen LogP contribution >= 0.6 is 0 Å². The van der Waals surface area contributed by atoms with Gasteiger partial charge in [-0.3, -0.25) is 0 Å². The van der Waals surface area contributed by atoms with Gasteiger partial charge in [-0.1, -0.05) is 72.8 Å². The summed E-state index contributed by atoms with van der Waals surface area (Å²) in [5.74, 6) is 0. The van der Waals surface area contributed by atoms with Crippen LogP contribution in [0.3, 0.4) is 0 Å². The number of hydrogen-bond donors (Lipinski definition) is 0. The van der Waals surface area contributed by atoms with Gasteiger partial charge in [-0.15, -0.1) is 0 Å². The second-order valence-corrected chi connectivity index (χ2v) is 14.3. The maximum atomic E-state index is 10.4. The summed E-state index contributed by atoms with van der Waals surface area (Å²) in [4.78, 5) is 3.75. The molecule has 0 aliphatic heterocycles. The molecule has 6 nitrogen and oxygen atoms in total. The molecule has 0 amide bonds. The average Bonchev–Trinajstić information content (AvgIpc) is 4.00. The summed E-state index contributed by atoms with van der Waals surface area (Å²) >= 11 is 0. The number of furan rings is 2. The highest BCUT2D eigenvalue weighted by molar-refractivity contribution is 6.25. The van der Waals surface area contributed by atoms with E-state index in [1.807, 2.05) is 66.7 Å². The van der Waals surface area contributed by atoms with Crippen LogP contribution in [-0.4, -0.2) is 9.13 Å². The molecule has 0 aliphatic carbocycles. The molecule has 12 aromatic rings. The van der Waals surface area contributed by atoms with Crippen molar-refractivity contribution in [3.05, 3.63) is 175 Å². The van der Waals surface area contributed by atoms with Crippen LogP contribution in [0.4, 0.5) is 5.69 Å². The van der Waals surface area contributed by atoms with Crippen molar-refractivity contribution in [2.24, 2.45) is 0 Å². The second kappa shape index (κ2) is 11.2. The van der Waals surface area contributed by atoms with Crippen LogP contribution in [0.1, 0.15) is 5.56 Å². The maximum absolute atomic E-state index is 10.4. The highest BCUT2D eigenvalue weighted by Crippen LogP contribution is 2.44. The summed E-state index contributed by atoms with van der Waals surface area (Å²) in [6.07, 6.45) is 0. The predicted octanol–water partition coefficient (Wildman–Crippen LogP) is 13.8. The van der Waals surface area contributed by atoms with Gasteiger partial charge in [0.05, 0.1) is 51.0 Å². The molecule has 0 N–H and O–H groups in total. The van der Waals surface area contributed by atoms with Crippen molar-refractivity contribution < 1.29 is 8.83 Å². The van der Waals surface area contributed by atoms with Crippen molar-refractivity contribution >= 4 is 93.2 Å². The predicted molar refractivity (Wildman–Crippen MR) is 226 cm³/mol. The number of rotatable bonds is 3. The zero-order chi connectivity index (χ0) is 37.1. The molecule has 4 aromatic heterocycles. The molecule has 6 heteroatoms. The Bertz CT molecular complexity index is 3730. The number of aromatic nitrogens is 2. The first-order chi connectivity index (χ1) is 27.7. The van der Waals surface area contributed by atoms with Crippen molar-refractivity contribution in [2.45, 2.75) is 0 Å². The molecule has 0 bridgehead atoms. The van der Waals surface area contributed by atoms with Crippen LogP contribution in [-0.2, 0) is 0 Å². The van der Waals surface area contributed by atoms with Gasteiger partial charge in [-0.05, 0) is 95.9 Å². The minimum absolute atomic E-state index is 0.583. The Labute approximate surface area is 318 Å². The monoisotopic (exact) mass is 714 g/mol. The van der Waals surface area contributed by atoms with E-state index in [4.69, 9.17) is 15.4 Å². The Morgan fingerprint density at radius 1 is 0.500 bits per heavy atom. The van der Waals surface area contributed by atoms with Gasteiger partial charge in [0.25, 0.3) is 0 Å². The van der Waals surface area contributed by atoms with Gasteiger partial charge in [0.15, 0.2) is 5.69 Å². The average molecular weight is 715 g/mol. The summed E-state index contributed by atoms with van der Waals surface area (Å²) in [6, 6.07) is 56.0. The molecular weight excluding hydrogens is 689 g/mol. The van der Waals surface area contributed by atoms with E-state index in [2.05, 4.69) is 111 Å². The van der Waals surface area contributed by atoms with E-state index in [9.17, 15) is 5.26 Å². The fourth-order valence-corrected chi connectivity index (χ4v) is 8.95. The first kappa shape index (κ1) is 30.4. The number of nitrogens with zero attached hydrogens (tertiary/aromatic N) is 4. The van der Waals surface area contributed by atoms with E-state index in [0.29, 0.717) is 11.3 Å². The van der Waals surface area contributed by atoms with E-state index < -0.39 is 0 Å². The number of para-hydroxylation sites is 3. The van der Waals surface area contributed by atoms with Gasteiger partial charge in [0, 0.05) is 43.9 Å². The molecule has 0 aliphatic rings. The van der Waals surface area contributed by atoms with Crippen molar-refractivity contribution in [1.29, 1.82) is 5.26 Å². The lowest BCUT2D eigenvalue weighted by Gasteiger charge is -2.13. The summed E-state index contributed by atoms with van der Waals surface area (Å²) < 4.78 is 17.4. The van der Waals surface area contributed by atoms with Crippen molar-refractivity contribution in [1.82, 2.24) is 9.13 Å². The molecule has 0 radical (unpaired) electrons. The van der Waals surface area contributed by atoms with Gasteiger partial charge in [-0.2, -0.15) is 5.26 Å². The van der Waals surface area contributed by atoms with E-state index >= 15 is 0 Å². The topological polar surface area (TPSA) is 64.3 Å². The fourth-order valence-electron chi connectivity index (χ4n) is 8.95. The molecule has 0 unspecified atom stereocenters. The van der Waals surface area contributed by atoms with Crippen LogP contribution in [0.5, 0.6) is 0 Å². The van der Waals surface area contributed by atoms with Crippen LogP contribution in [0.2, 0.25) is 0 Å². The highest BCUT2D eigenvalue weighted by atomic mass is 16.3. The molecule has 12 rings (SSSR count). The summed E-state index contributed by atoms with van der Waals surface area (Å²) in [6.45, 7) is 7.74. The molecule has 0 spiro atoms. The fraction of sp³-hybridized carbons (Fsp3) is 0. The second-order valence-electron chi connectivity index (χ2n) is 14.3. The van der Waals surface area contributed by atoms with E-state index in [0.717, 1.165) is 110 Å². The number of benzene rings is 8. The van der Waals surface area contributed by atoms with Crippen molar-refractivity contribution in [2.75, 3.05) is 0 Å². The minimum Gasteiger partial charge on any atom is -0.456 e. The van der Waals surface area contributed by atoms with Gasteiger partial charge >= 0.3 is 0 Å². The Hall–Kier alpha value is -8.06. The lowest BCUT2D eigenvalue weighted by atomic mass is 9.99. The Morgan fingerprint density at radius 2 is 1.20 bits per heavy atom. The molecule has 0 fully saturated rings. The van der Waals surface area contributed by atoms with Gasteiger partial charge in [-0.25, -0.2) is 4.85 Å². The van der Waals surface area contributed by atoms with Gasteiger partial charge in [0.2, 0.25) is 0 Å². The molecular formula is C50H26N4O2. The maximum Gasteiger partial charge on any atom is 0.188 e. The normalized spacial score (nSPS) is 11.9. The molecule has 56 heavy (non-hydrogen) atoms. The van der Waals surface area contributed by atoms with Crippen LogP contribution < -0.4 is 0 Å². The Kier molecular flexibility index (Phi) is 6.10. The SMILES string of the molecule is [C-]#[N+]c1ccc2c(c1)c1ccc3oc4ccccc4c3c1n2-c1ccc(C#N)c(-c2ccc(-n3c4ccccc4c4c5oc6ccccc6c5ccc43)cc2)c1. The van der Waals surface area contributed by atoms with Crippen LogP contribution in [0.15, 0.2) is 167 Å². The zero-order valence-electron chi connectivity index (χ0n) is 29.6. The van der Waals surface area contributed by atoms with Crippen molar-refractivity contribution in [3.63, 3.8) is 0 Å². The van der Waals surface area contributed by atoms with Gasteiger partial charge < -0.3 is 18.0 Å². The largest absolute Gasteiger partial charge is 0.456 e. The lowest BCUT2D eigenvalue weighted by molar-refractivity contribution is 0.669. The molecule has 8 aromatic carbocycles. The molecule has 258 valence electrons. The van der Waals surface area contributed by atoms with Crippen molar-refractivity contribution in [3.8, 4) is 28.6 Å². The number of hydrogen-bond acceptors (Lipinski definition) is 3. The molecule has 0 saturated heterocycles.